The van der Waals surface area contributed by atoms with E-state index < -0.39 is 58.5 Å². The van der Waals surface area contributed by atoms with Crippen LogP contribution >= 0.6 is 11.6 Å². The van der Waals surface area contributed by atoms with Gasteiger partial charge in [0.1, 0.15) is 5.75 Å². The standard InChI is InChI=1S/C29H38N6O2S.C28H38N6O2S.C27H35N7O3S.C24H27ClN6O2/c1-29(2,3)33-38(36,37)24-8-5-7-21(19-24)20-27-25-9-6-10-26(25)31-28(32-27)30-22-11-13-23(14-12-22)35-17-15-34(4)16-18-35;1-20-7-8-22(18-26(20)37(35,36)32-28(3,4)5)17-25-21(2)19-29-27(31-25)30-23-9-11-24(12-10-23)34-15-13-33(6)14-16-34;1-27(2,3)32-38(36,37)22-7-5-6-19(16-22)17-24-23(25(28)35)18-29-26(31-24)30-20-8-10-21(11-9-20)34-14-12-33(4)13-15-34;1-30-9-11-31(12-10-30)18-6-4-17(5-7-18)28-24-27-15-19(23(26)32)21(29-24)13-16-3-8-20(25)22(14-16)33-2/h5,7-8,11-14,19,33H,6,9-10,15-18,20H2,1-4H3,(H,30,31,32);7-12,18-19,32H,13-17H2,1-6H3,(H,29,30,31);5-11,16,18,32H,12-15,17H2,1-4H3,(H2,28,35)(H,29,30,31);3-8,14-15H,9-13H2,1-2H3,(H2,26,32)(H,27,28,29). The van der Waals surface area contributed by atoms with Crippen LogP contribution < -0.4 is 71.2 Å². The van der Waals surface area contributed by atoms with E-state index in [0.717, 1.165) is 192 Å². The van der Waals surface area contributed by atoms with Crippen molar-refractivity contribution in [1.29, 1.82) is 0 Å². The number of hydrogen-bond donors (Lipinski definition) is 9. The number of likely N-dealkylation sites (N-methyl/N-ethyl adjacent to an activating group) is 4. The summed E-state index contributed by atoms with van der Waals surface area (Å²) < 4.78 is 90.8. The molecule has 12 aromatic rings. The molecule has 38 heteroatoms. The van der Waals surface area contributed by atoms with E-state index in [9.17, 15) is 34.8 Å². The number of nitrogens with two attached hydrogens (primary N) is 2. The van der Waals surface area contributed by atoms with Gasteiger partial charge in [-0.25, -0.2) is 79.3 Å². The van der Waals surface area contributed by atoms with Crippen molar-refractivity contribution in [1.82, 2.24) is 73.6 Å². The summed E-state index contributed by atoms with van der Waals surface area (Å²) in [5.74, 6) is 1.14. The predicted molar refractivity (Wildman–Crippen MR) is 583 cm³/mol. The summed E-state index contributed by atoms with van der Waals surface area (Å²) in [6, 6.07) is 57.8. The van der Waals surface area contributed by atoms with Crippen LogP contribution in [-0.2, 0) is 68.6 Å². The number of nitrogens with zero attached hydrogens (tertiary/aromatic N) is 16. The van der Waals surface area contributed by atoms with Gasteiger partial charge in [0.15, 0.2) is 0 Å². The molecule has 0 saturated carbocycles. The van der Waals surface area contributed by atoms with Crippen LogP contribution in [-0.4, -0.2) is 253 Å². The largest absolute Gasteiger partial charge is 0.495 e. The van der Waals surface area contributed by atoms with Crippen molar-refractivity contribution in [2.75, 3.05) is 181 Å². The minimum atomic E-state index is -3.72. The molecule has 0 bridgehead atoms. The summed E-state index contributed by atoms with van der Waals surface area (Å²) in [5.41, 5.74) is 28.2. The number of ether oxygens (including phenoxy) is 1. The second kappa shape index (κ2) is 47.7. The number of carbonyl (C=O) groups is 2. The van der Waals surface area contributed by atoms with Crippen LogP contribution in [0.15, 0.2) is 215 Å². The van der Waals surface area contributed by atoms with E-state index in [1.165, 1.54) is 41.1 Å². The molecule has 11 N–H and O–H groups in total. The molecule has 34 nitrogen and oxygen atoms in total. The molecule has 774 valence electrons. The molecule has 4 aliphatic heterocycles. The minimum Gasteiger partial charge on any atom is -0.495 e. The summed E-state index contributed by atoms with van der Waals surface area (Å²) in [7, 11) is -0.809. The number of nitrogens with one attached hydrogen (secondary N) is 7. The number of benzene rings is 8. The first-order chi connectivity index (χ1) is 69.3. The minimum absolute atomic E-state index is 0.137. The predicted octanol–water partition coefficient (Wildman–Crippen LogP) is 14.4. The molecule has 0 radical (unpaired) electrons. The highest BCUT2D eigenvalue weighted by atomic mass is 35.5. The molecule has 4 saturated heterocycles. The lowest BCUT2D eigenvalue weighted by Crippen LogP contribution is -2.44. The van der Waals surface area contributed by atoms with Crippen molar-refractivity contribution in [3.8, 4) is 5.75 Å². The summed E-state index contributed by atoms with van der Waals surface area (Å²) in [4.78, 5) is 80.2. The lowest BCUT2D eigenvalue weighted by molar-refractivity contribution is 0.0990. The van der Waals surface area contributed by atoms with Gasteiger partial charge < -0.3 is 76.7 Å². The smallest absolute Gasteiger partial charge is 0.252 e. The van der Waals surface area contributed by atoms with Gasteiger partial charge in [0.25, 0.3) is 11.8 Å². The van der Waals surface area contributed by atoms with Crippen molar-refractivity contribution in [3.05, 3.63) is 284 Å². The first kappa shape index (κ1) is 109. The number of primary amides is 2. The Balaban J connectivity index is 0.000000154. The van der Waals surface area contributed by atoms with Gasteiger partial charge in [0.2, 0.25) is 53.9 Å². The fourth-order valence-corrected chi connectivity index (χ4v) is 22.4. The van der Waals surface area contributed by atoms with E-state index in [1.54, 1.807) is 82.6 Å². The number of aryl methyl sites for hydroxylation is 3. The highest BCUT2D eigenvalue weighted by molar-refractivity contribution is 7.90. The Bertz CT molecular complexity index is 6910. The average Bonchev–Trinajstić information content (AvgIpc) is 1.67. The average molecular weight is 2060 g/mol. The lowest BCUT2D eigenvalue weighted by atomic mass is 10.0. The van der Waals surface area contributed by atoms with Gasteiger partial charge in [-0.15, -0.1) is 0 Å². The summed E-state index contributed by atoms with van der Waals surface area (Å²) in [5, 5.41) is 13.6. The number of methoxy groups -OCH3 is 1. The Morgan fingerprint density at radius 1 is 0.370 bits per heavy atom. The van der Waals surface area contributed by atoms with E-state index in [0.29, 0.717) is 81.2 Å². The van der Waals surface area contributed by atoms with Crippen molar-refractivity contribution in [2.24, 2.45) is 11.5 Å². The first-order valence-electron chi connectivity index (χ1n) is 49.2. The molecule has 8 aromatic carbocycles. The molecule has 0 unspecified atom stereocenters. The number of amides is 2. The summed E-state index contributed by atoms with van der Waals surface area (Å²) in [6.45, 7) is 36.8. The number of aromatic nitrogens is 8. The van der Waals surface area contributed by atoms with Crippen molar-refractivity contribution in [3.63, 3.8) is 0 Å². The maximum Gasteiger partial charge on any atom is 0.252 e. The number of rotatable bonds is 29. The first-order valence-corrected chi connectivity index (χ1v) is 54.1. The third-order valence-corrected chi connectivity index (χ3v) is 31.0. The van der Waals surface area contributed by atoms with E-state index >= 15 is 0 Å². The van der Waals surface area contributed by atoms with Gasteiger partial charge in [-0.1, -0.05) is 54.1 Å². The number of anilines is 12. The summed E-state index contributed by atoms with van der Waals surface area (Å²) >= 11 is 6.12. The maximum absolute atomic E-state index is 13.0. The van der Waals surface area contributed by atoms with Crippen molar-refractivity contribution >= 4 is 123 Å². The molecule has 5 aliphatic rings. The van der Waals surface area contributed by atoms with Gasteiger partial charge in [-0.2, -0.15) is 0 Å². The fraction of sp³-hybridized carbons (Fsp3) is 0.389. The molecule has 8 heterocycles. The lowest BCUT2D eigenvalue weighted by Gasteiger charge is -2.34. The SMILES string of the molecule is CN1CCN(c2ccc(Nc3nc4c(c(Cc5cccc(S(=O)(=O)NC(C)(C)C)c5)n3)CCC4)cc2)CC1.CN1CCN(c2ccc(Nc3ncc(C(N)=O)c(Cc4cccc(S(=O)(=O)NC(C)(C)C)c4)n3)cc2)CC1.COc1cc(Cc2nc(Nc3ccc(N4CCN(C)CC4)cc3)ncc2C(N)=O)ccc1Cl.Cc1ccc(Cc2nc(Nc3ccc(N4CCN(C)CC4)cc3)ncc2C)cc1S(=O)(=O)NC(C)(C)C. The van der Waals surface area contributed by atoms with Crippen LogP contribution in [0.4, 0.5) is 69.3 Å². The maximum atomic E-state index is 13.0. The number of sulfonamides is 3. The Kier molecular flexibility index (Phi) is 35.6. The second-order valence-corrected chi connectivity index (χ2v) is 46.3. The number of piperazine rings is 4. The highest BCUT2D eigenvalue weighted by Crippen LogP contribution is 2.34. The topological polar surface area (TPSA) is 411 Å². The van der Waals surface area contributed by atoms with Crippen LogP contribution in [0.3, 0.4) is 0 Å². The van der Waals surface area contributed by atoms with Gasteiger partial charge in [-0.05, 0) is 302 Å². The molecule has 146 heavy (non-hydrogen) atoms. The fourth-order valence-electron chi connectivity index (χ4n) is 17.5. The molecule has 0 spiro atoms. The highest BCUT2D eigenvalue weighted by Gasteiger charge is 2.30. The molecule has 1 aliphatic carbocycles. The number of carbonyl (C=O) groups excluding carboxylic acids is 2. The normalized spacial score (nSPS) is 15.2. The molecular weight excluding hydrogens is 1920 g/mol. The van der Waals surface area contributed by atoms with Crippen LogP contribution in [0, 0.1) is 13.8 Å². The zero-order valence-electron chi connectivity index (χ0n) is 86.4. The molecule has 2 amide bonds. The molecule has 4 fully saturated rings. The molecule has 17 rings (SSSR count). The molecular formula is C108H138ClN25O9S3. The van der Waals surface area contributed by atoms with Crippen LogP contribution in [0.25, 0.3) is 0 Å². The molecule has 4 aromatic heterocycles. The number of halogens is 1. The number of hydrogen-bond acceptors (Lipinski definition) is 29. The van der Waals surface area contributed by atoms with E-state index in [-0.39, 0.29) is 27.3 Å². The van der Waals surface area contributed by atoms with E-state index in [2.05, 4.69) is 201 Å². The van der Waals surface area contributed by atoms with Crippen molar-refractivity contribution < 1.29 is 39.6 Å². The Morgan fingerprint density at radius 3 is 1.08 bits per heavy atom. The monoisotopic (exact) mass is 2060 g/mol. The van der Waals surface area contributed by atoms with Crippen molar-refractivity contribution in [2.45, 2.75) is 152 Å². The van der Waals surface area contributed by atoms with Gasteiger partial charge in [0, 0.05) is 217 Å². The third kappa shape index (κ3) is 30.9. The van der Waals surface area contributed by atoms with E-state index in [4.69, 9.17) is 42.8 Å². The van der Waals surface area contributed by atoms with E-state index in [1.807, 2.05) is 110 Å². The second-order valence-electron chi connectivity index (χ2n) is 40.9. The Morgan fingerprint density at radius 2 is 0.699 bits per heavy atom. The van der Waals surface area contributed by atoms with Gasteiger partial charge in [-0.3, -0.25) is 9.59 Å². The Hall–Kier alpha value is -12.9. The van der Waals surface area contributed by atoms with Crippen LogP contribution in [0.1, 0.15) is 157 Å². The summed E-state index contributed by atoms with van der Waals surface area (Å²) in [6.07, 6.45) is 9.25. The zero-order chi connectivity index (χ0) is 105. The van der Waals surface area contributed by atoms with Gasteiger partial charge in [0.05, 0.1) is 60.7 Å². The van der Waals surface area contributed by atoms with Crippen LogP contribution in [0.5, 0.6) is 5.75 Å². The van der Waals surface area contributed by atoms with Crippen LogP contribution in [0.2, 0.25) is 5.02 Å². The third-order valence-electron chi connectivity index (χ3n) is 25.3. The molecule has 0 atom stereocenters. The number of fused-ring (bicyclic) bond motifs is 1. The quantitative estimate of drug-likeness (QED) is 0.0210. The Labute approximate surface area is 864 Å². The zero-order valence-corrected chi connectivity index (χ0v) is 89.6. The van der Waals surface area contributed by atoms with Gasteiger partial charge >= 0.3 is 0 Å².